The van der Waals surface area contributed by atoms with Crippen LogP contribution in [0.15, 0.2) is 65.8 Å². The molecule has 3 rings (SSSR count). The van der Waals surface area contributed by atoms with Crippen LogP contribution in [0.2, 0.25) is 0 Å². The van der Waals surface area contributed by atoms with Crippen molar-refractivity contribution in [3.8, 4) is 34.1 Å². The Kier molecular flexibility index (Phi) is 4.62. The maximum Gasteiger partial charge on any atom is 0.145 e. The predicted molar refractivity (Wildman–Crippen MR) is 93.7 cm³/mol. The van der Waals surface area contributed by atoms with Gasteiger partial charge in [0.15, 0.2) is 0 Å². The normalized spacial score (nSPS) is 9.58. The molecule has 0 bridgehead atoms. The highest BCUT2D eigenvalue weighted by atomic mass is 32.1. The molecule has 0 aliphatic carbocycles. The first-order chi connectivity index (χ1) is 11.8. The topological polar surface area (TPSA) is 85.4 Å². The maximum atomic E-state index is 8.75. The van der Waals surface area contributed by atoms with E-state index in [4.69, 9.17) is 10.5 Å². The summed E-state index contributed by atoms with van der Waals surface area (Å²) >= 11 is 1.54. The van der Waals surface area contributed by atoms with Gasteiger partial charge in [0, 0.05) is 29.0 Å². The summed E-state index contributed by atoms with van der Waals surface area (Å²) in [6, 6.07) is 17.0. The SMILES string of the molecule is N#CC(C#N)=CNc1cccc(-c2nc(-c3ccccn3)cs2)c1. The van der Waals surface area contributed by atoms with E-state index in [0.717, 1.165) is 27.6 Å². The quantitative estimate of drug-likeness (QED) is 0.724. The smallest absolute Gasteiger partial charge is 0.145 e. The number of aromatic nitrogens is 2. The van der Waals surface area contributed by atoms with Crippen molar-refractivity contribution in [2.75, 3.05) is 5.32 Å². The van der Waals surface area contributed by atoms with Crippen molar-refractivity contribution in [1.29, 1.82) is 10.5 Å². The fourth-order valence-corrected chi connectivity index (χ4v) is 2.84. The zero-order valence-corrected chi connectivity index (χ0v) is 13.3. The number of pyridine rings is 1. The Morgan fingerprint density at radius 2 is 1.96 bits per heavy atom. The van der Waals surface area contributed by atoms with Gasteiger partial charge in [0.05, 0.1) is 5.69 Å². The molecule has 0 spiro atoms. The van der Waals surface area contributed by atoms with Crippen LogP contribution < -0.4 is 5.32 Å². The molecule has 0 radical (unpaired) electrons. The number of rotatable bonds is 4. The standard InChI is InChI=1S/C18H11N5S/c19-9-13(10-20)11-22-15-5-3-4-14(8-15)18-23-17(12-24-18)16-6-1-2-7-21-16/h1-8,11-12,22H. The maximum absolute atomic E-state index is 8.75. The van der Waals surface area contributed by atoms with Gasteiger partial charge in [-0.05, 0) is 24.3 Å². The van der Waals surface area contributed by atoms with E-state index >= 15 is 0 Å². The molecule has 0 atom stereocenters. The molecule has 24 heavy (non-hydrogen) atoms. The third-order valence-corrected chi connectivity index (χ3v) is 4.06. The van der Waals surface area contributed by atoms with Crippen molar-refractivity contribution in [3.63, 3.8) is 0 Å². The highest BCUT2D eigenvalue weighted by molar-refractivity contribution is 7.13. The minimum absolute atomic E-state index is 0.0205. The molecule has 6 heteroatoms. The molecule has 0 saturated heterocycles. The summed E-state index contributed by atoms with van der Waals surface area (Å²) in [5, 5.41) is 23.3. The van der Waals surface area contributed by atoms with Crippen LogP contribution in [0.25, 0.3) is 22.0 Å². The summed E-state index contributed by atoms with van der Waals surface area (Å²) < 4.78 is 0. The van der Waals surface area contributed by atoms with E-state index in [1.54, 1.807) is 17.5 Å². The van der Waals surface area contributed by atoms with Crippen LogP contribution in [0, 0.1) is 22.7 Å². The van der Waals surface area contributed by atoms with Crippen molar-refractivity contribution in [2.24, 2.45) is 0 Å². The number of allylic oxidation sites excluding steroid dienone is 1. The molecule has 1 aromatic carbocycles. The predicted octanol–water partition coefficient (Wildman–Crippen LogP) is 4.22. The highest BCUT2D eigenvalue weighted by Gasteiger charge is 2.07. The van der Waals surface area contributed by atoms with E-state index < -0.39 is 0 Å². The Morgan fingerprint density at radius 1 is 1.08 bits per heavy atom. The Balaban J connectivity index is 1.85. The number of anilines is 1. The number of nitriles is 2. The second-order valence-corrected chi connectivity index (χ2v) is 5.62. The Morgan fingerprint density at radius 3 is 2.71 bits per heavy atom. The van der Waals surface area contributed by atoms with Gasteiger partial charge in [-0.3, -0.25) is 4.98 Å². The first-order valence-electron chi connectivity index (χ1n) is 7.04. The van der Waals surface area contributed by atoms with Gasteiger partial charge in [-0.2, -0.15) is 10.5 Å². The molecule has 1 N–H and O–H groups in total. The van der Waals surface area contributed by atoms with Gasteiger partial charge >= 0.3 is 0 Å². The summed E-state index contributed by atoms with van der Waals surface area (Å²) in [7, 11) is 0. The van der Waals surface area contributed by atoms with Gasteiger partial charge < -0.3 is 5.32 Å². The monoisotopic (exact) mass is 329 g/mol. The number of benzene rings is 1. The van der Waals surface area contributed by atoms with Crippen molar-refractivity contribution in [3.05, 3.63) is 65.8 Å². The Labute approximate surface area is 143 Å². The summed E-state index contributed by atoms with van der Waals surface area (Å²) in [6.07, 6.45) is 3.13. The molecule has 0 aliphatic rings. The minimum Gasteiger partial charge on any atom is -0.360 e. The van der Waals surface area contributed by atoms with Gasteiger partial charge in [-0.25, -0.2) is 4.98 Å². The van der Waals surface area contributed by atoms with Crippen LogP contribution in [-0.4, -0.2) is 9.97 Å². The van der Waals surface area contributed by atoms with Gasteiger partial charge in [-0.15, -0.1) is 11.3 Å². The van der Waals surface area contributed by atoms with E-state index in [0.29, 0.717) is 0 Å². The third kappa shape index (κ3) is 3.46. The molecule has 0 unspecified atom stereocenters. The van der Waals surface area contributed by atoms with Gasteiger partial charge in [0.2, 0.25) is 0 Å². The van der Waals surface area contributed by atoms with Crippen molar-refractivity contribution < 1.29 is 0 Å². The van der Waals surface area contributed by atoms with Crippen molar-refractivity contribution in [2.45, 2.75) is 0 Å². The lowest BCUT2D eigenvalue weighted by Crippen LogP contribution is -1.90. The summed E-state index contributed by atoms with van der Waals surface area (Å²) in [5.74, 6) is 0. The largest absolute Gasteiger partial charge is 0.360 e. The number of thiazole rings is 1. The molecule has 0 amide bonds. The van der Waals surface area contributed by atoms with E-state index in [1.807, 2.05) is 60.0 Å². The van der Waals surface area contributed by atoms with Crippen LogP contribution in [0.5, 0.6) is 0 Å². The minimum atomic E-state index is 0.0205. The zero-order valence-electron chi connectivity index (χ0n) is 12.5. The lowest BCUT2D eigenvalue weighted by Gasteiger charge is -2.03. The first kappa shape index (κ1) is 15.4. The first-order valence-corrected chi connectivity index (χ1v) is 7.92. The molecule has 2 aromatic heterocycles. The number of hydrogen-bond donors (Lipinski definition) is 1. The van der Waals surface area contributed by atoms with E-state index in [-0.39, 0.29) is 5.57 Å². The molecular weight excluding hydrogens is 318 g/mol. The van der Waals surface area contributed by atoms with Crippen LogP contribution in [0.1, 0.15) is 0 Å². The number of nitrogens with zero attached hydrogens (tertiary/aromatic N) is 4. The second-order valence-electron chi connectivity index (χ2n) is 4.76. The zero-order chi connectivity index (χ0) is 16.8. The average Bonchev–Trinajstić information content (AvgIpc) is 3.14. The number of nitrogens with one attached hydrogen (secondary N) is 1. The molecule has 2 heterocycles. The average molecular weight is 329 g/mol. The Bertz CT molecular complexity index is 945. The lowest BCUT2D eigenvalue weighted by atomic mass is 10.2. The van der Waals surface area contributed by atoms with Crippen LogP contribution in [0.3, 0.4) is 0 Å². The molecule has 114 valence electrons. The van der Waals surface area contributed by atoms with Crippen LogP contribution >= 0.6 is 11.3 Å². The molecule has 0 saturated carbocycles. The van der Waals surface area contributed by atoms with Gasteiger partial charge in [0.1, 0.15) is 28.4 Å². The van der Waals surface area contributed by atoms with Crippen LogP contribution in [-0.2, 0) is 0 Å². The molecule has 5 nitrogen and oxygen atoms in total. The third-order valence-electron chi connectivity index (χ3n) is 3.17. The van der Waals surface area contributed by atoms with Gasteiger partial charge in [0.25, 0.3) is 0 Å². The van der Waals surface area contributed by atoms with Crippen LogP contribution in [0.4, 0.5) is 5.69 Å². The fraction of sp³-hybridized carbons (Fsp3) is 0. The molecule has 0 aliphatic heterocycles. The highest BCUT2D eigenvalue weighted by Crippen LogP contribution is 2.29. The second kappa shape index (κ2) is 7.19. The summed E-state index contributed by atoms with van der Waals surface area (Å²) in [4.78, 5) is 8.93. The van der Waals surface area contributed by atoms with Crippen molar-refractivity contribution >= 4 is 17.0 Å². The summed E-state index contributed by atoms with van der Waals surface area (Å²) in [6.45, 7) is 0. The van der Waals surface area contributed by atoms with E-state index in [9.17, 15) is 0 Å². The van der Waals surface area contributed by atoms with E-state index in [2.05, 4.69) is 15.3 Å². The lowest BCUT2D eigenvalue weighted by molar-refractivity contribution is 1.28. The van der Waals surface area contributed by atoms with Gasteiger partial charge in [-0.1, -0.05) is 18.2 Å². The molecular formula is C18H11N5S. The molecule has 3 aromatic rings. The Hall–Kier alpha value is -3.48. The van der Waals surface area contributed by atoms with E-state index in [1.165, 1.54) is 6.20 Å². The number of hydrogen-bond acceptors (Lipinski definition) is 6. The van der Waals surface area contributed by atoms with Crippen molar-refractivity contribution in [1.82, 2.24) is 9.97 Å². The summed E-state index contributed by atoms with van der Waals surface area (Å²) in [5.41, 5.74) is 3.43. The fourth-order valence-electron chi connectivity index (χ4n) is 2.03. The molecule has 0 fully saturated rings.